The van der Waals surface area contributed by atoms with Gasteiger partial charge in [0, 0.05) is 30.3 Å². The lowest BCUT2D eigenvalue weighted by Crippen LogP contribution is -2.17. The molecule has 96 valence electrons. The fraction of sp³-hybridized carbons (Fsp3) is 0.250. The molecule has 6 heteroatoms. The van der Waals surface area contributed by atoms with Gasteiger partial charge in [0.15, 0.2) is 5.43 Å². The number of ether oxygens (including phenoxy) is 1. The molecule has 2 rings (SSSR count). The molecule has 1 aromatic heterocycles. The molecule has 0 spiro atoms. The molecule has 0 saturated carbocycles. The topological polar surface area (TPSA) is 31.2 Å². The van der Waals surface area contributed by atoms with E-state index < -0.39 is 6.36 Å². The minimum absolute atomic E-state index is 0.193. The van der Waals surface area contributed by atoms with Gasteiger partial charge in [0.25, 0.3) is 0 Å². The van der Waals surface area contributed by atoms with Gasteiger partial charge in [-0.3, -0.25) is 4.79 Å². The highest BCUT2D eigenvalue weighted by molar-refractivity contribution is 5.81. The van der Waals surface area contributed by atoms with Crippen molar-refractivity contribution in [1.82, 2.24) is 4.57 Å². The summed E-state index contributed by atoms with van der Waals surface area (Å²) < 4.78 is 41.7. The first-order chi connectivity index (χ1) is 8.28. The molecule has 0 radical (unpaired) electrons. The Labute approximate surface area is 100 Å². The normalized spacial score (nSPS) is 11.8. The molecule has 0 saturated heterocycles. The van der Waals surface area contributed by atoms with Crippen molar-refractivity contribution in [3.05, 3.63) is 40.2 Å². The standard InChI is InChI=1S/C12H10F3NO2/c1-7-6-16(2)10-5-8(18-12(13,14)15)3-4-9(10)11(7)17/h3-6H,1-2H3. The van der Waals surface area contributed by atoms with Crippen LogP contribution in [0, 0.1) is 6.92 Å². The van der Waals surface area contributed by atoms with Crippen molar-refractivity contribution in [2.75, 3.05) is 0 Å². The van der Waals surface area contributed by atoms with Gasteiger partial charge in [-0.05, 0) is 19.1 Å². The van der Waals surface area contributed by atoms with Crippen molar-refractivity contribution < 1.29 is 17.9 Å². The number of hydrogen-bond acceptors (Lipinski definition) is 2. The number of halogens is 3. The summed E-state index contributed by atoms with van der Waals surface area (Å²) in [5.41, 5.74) is 0.739. The highest BCUT2D eigenvalue weighted by Crippen LogP contribution is 2.25. The number of alkyl halides is 3. The Kier molecular flexibility index (Phi) is 2.80. The molecule has 0 aliphatic heterocycles. The van der Waals surface area contributed by atoms with Crippen LogP contribution in [0.1, 0.15) is 5.56 Å². The summed E-state index contributed by atoms with van der Waals surface area (Å²) >= 11 is 0. The van der Waals surface area contributed by atoms with E-state index >= 15 is 0 Å². The second-order valence-corrected chi connectivity index (χ2v) is 3.98. The zero-order valence-electron chi connectivity index (χ0n) is 9.71. The van der Waals surface area contributed by atoms with Crippen LogP contribution in [0.3, 0.4) is 0 Å². The fourth-order valence-electron chi connectivity index (χ4n) is 1.82. The second kappa shape index (κ2) is 4.04. The second-order valence-electron chi connectivity index (χ2n) is 3.98. The van der Waals surface area contributed by atoms with Crippen LogP contribution in [0.15, 0.2) is 29.2 Å². The van der Waals surface area contributed by atoms with E-state index in [0.29, 0.717) is 16.5 Å². The van der Waals surface area contributed by atoms with Crippen LogP contribution in [0.2, 0.25) is 0 Å². The number of benzene rings is 1. The Bertz CT molecular complexity index is 659. The van der Waals surface area contributed by atoms with Crippen molar-refractivity contribution in [1.29, 1.82) is 0 Å². The van der Waals surface area contributed by atoms with Crippen molar-refractivity contribution in [3.8, 4) is 5.75 Å². The first-order valence-corrected chi connectivity index (χ1v) is 5.14. The Balaban J connectivity index is 2.63. The summed E-state index contributed by atoms with van der Waals surface area (Å²) in [6, 6.07) is 3.67. The van der Waals surface area contributed by atoms with Gasteiger partial charge in [-0.2, -0.15) is 0 Å². The van der Waals surface area contributed by atoms with Gasteiger partial charge in [0.1, 0.15) is 5.75 Å². The molecule has 18 heavy (non-hydrogen) atoms. The lowest BCUT2D eigenvalue weighted by molar-refractivity contribution is -0.274. The minimum Gasteiger partial charge on any atom is -0.406 e. The van der Waals surface area contributed by atoms with Crippen molar-refractivity contribution >= 4 is 10.9 Å². The zero-order valence-corrected chi connectivity index (χ0v) is 9.71. The number of aryl methyl sites for hydroxylation is 2. The smallest absolute Gasteiger partial charge is 0.406 e. The molecular weight excluding hydrogens is 247 g/mol. The molecule has 0 aliphatic carbocycles. The predicted molar refractivity (Wildman–Crippen MR) is 60.6 cm³/mol. The third-order valence-corrected chi connectivity index (χ3v) is 2.57. The third-order valence-electron chi connectivity index (χ3n) is 2.57. The summed E-state index contributed by atoms with van der Waals surface area (Å²) in [6.45, 7) is 1.65. The Morgan fingerprint density at radius 1 is 1.28 bits per heavy atom. The summed E-state index contributed by atoms with van der Waals surface area (Å²) in [6.07, 6.45) is -3.17. The van der Waals surface area contributed by atoms with Gasteiger partial charge in [-0.15, -0.1) is 13.2 Å². The molecule has 3 nitrogen and oxygen atoms in total. The van der Waals surface area contributed by atoms with Crippen LogP contribution in [0.5, 0.6) is 5.75 Å². The van der Waals surface area contributed by atoms with Crippen molar-refractivity contribution in [2.45, 2.75) is 13.3 Å². The highest BCUT2D eigenvalue weighted by Gasteiger charge is 2.31. The summed E-state index contributed by atoms with van der Waals surface area (Å²) in [5.74, 6) is -0.339. The molecule has 0 N–H and O–H groups in total. The maximum absolute atomic E-state index is 12.1. The van der Waals surface area contributed by atoms with Crippen LogP contribution >= 0.6 is 0 Å². The maximum Gasteiger partial charge on any atom is 0.573 e. The van der Waals surface area contributed by atoms with Gasteiger partial charge >= 0.3 is 6.36 Å². The van der Waals surface area contributed by atoms with Crippen molar-refractivity contribution in [3.63, 3.8) is 0 Å². The molecule has 0 atom stereocenters. The van der Waals surface area contributed by atoms with Crippen LogP contribution < -0.4 is 10.2 Å². The van der Waals surface area contributed by atoms with E-state index in [4.69, 9.17) is 0 Å². The fourth-order valence-corrected chi connectivity index (χ4v) is 1.82. The Hall–Kier alpha value is -1.98. The molecule has 0 unspecified atom stereocenters. The number of pyridine rings is 1. The maximum atomic E-state index is 12.1. The van der Waals surface area contributed by atoms with E-state index in [1.807, 2.05) is 0 Å². The molecule has 0 amide bonds. The molecular formula is C12H10F3NO2. The van der Waals surface area contributed by atoms with E-state index in [-0.39, 0.29) is 11.2 Å². The minimum atomic E-state index is -4.74. The number of hydrogen-bond donors (Lipinski definition) is 0. The Morgan fingerprint density at radius 3 is 2.56 bits per heavy atom. The summed E-state index contributed by atoms with van der Waals surface area (Å²) in [4.78, 5) is 11.8. The highest BCUT2D eigenvalue weighted by atomic mass is 19.4. The molecule has 0 fully saturated rings. The summed E-state index contributed by atoms with van der Waals surface area (Å²) in [7, 11) is 1.66. The van der Waals surface area contributed by atoms with E-state index in [1.165, 1.54) is 12.1 Å². The third kappa shape index (κ3) is 2.32. The number of fused-ring (bicyclic) bond motifs is 1. The molecule has 2 aromatic rings. The van der Waals surface area contributed by atoms with Gasteiger partial charge in [-0.1, -0.05) is 0 Å². The van der Waals surface area contributed by atoms with Crippen molar-refractivity contribution in [2.24, 2.45) is 7.05 Å². The molecule has 0 bridgehead atoms. The largest absolute Gasteiger partial charge is 0.573 e. The predicted octanol–water partition coefficient (Wildman–Crippen LogP) is 2.75. The van der Waals surface area contributed by atoms with Crippen LogP contribution in [-0.4, -0.2) is 10.9 Å². The first kappa shape index (κ1) is 12.5. The van der Waals surface area contributed by atoms with E-state index in [9.17, 15) is 18.0 Å². The number of rotatable bonds is 1. The lowest BCUT2D eigenvalue weighted by Gasteiger charge is -2.11. The molecule has 0 aliphatic rings. The number of nitrogens with zero attached hydrogens (tertiary/aromatic N) is 1. The van der Waals surface area contributed by atoms with Crippen LogP contribution in [0.4, 0.5) is 13.2 Å². The zero-order chi connectivity index (χ0) is 13.5. The van der Waals surface area contributed by atoms with Gasteiger partial charge in [0.05, 0.1) is 5.52 Å². The van der Waals surface area contributed by atoms with Crippen LogP contribution in [0.25, 0.3) is 10.9 Å². The average Bonchev–Trinajstić information content (AvgIpc) is 2.24. The number of aromatic nitrogens is 1. The quantitative estimate of drug-likeness (QED) is 0.786. The first-order valence-electron chi connectivity index (χ1n) is 5.14. The monoisotopic (exact) mass is 257 g/mol. The van der Waals surface area contributed by atoms with Gasteiger partial charge in [0.2, 0.25) is 0 Å². The van der Waals surface area contributed by atoms with E-state index in [2.05, 4.69) is 4.74 Å². The molecule has 1 heterocycles. The molecule has 1 aromatic carbocycles. The SMILES string of the molecule is Cc1cn(C)c2cc(OC(F)(F)F)ccc2c1=O. The average molecular weight is 257 g/mol. The van der Waals surface area contributed by atoms with Crippen LogP contribution in [-0.2, 0) is 7.05 Å². The summed E-state index contributed by atoms with van der Waals surface area (Å²) in [5, 5.41) is 0.368. The Morgan fingerprint density at radius 2 is 1.94 bits per heavy atom. The van der Waals surface area contributed by atoms with Gasteiger partial charge in [-0.25, -0.2) is 0 Å². The van der Waals surface area contributed by atoms with E-state index in [0.717, 1.165) is 6.07 Å². The van der Waals surface area contributed by atoms with Gasteiger partial charge < -0.3 is 9.30 Å². The lowest BCUT2D eigenvalue weighted by atomic mass is 10.1. The van der Waals surface area contributed by atoms with E-state index in [1.54, 1.807) is 24.7 Å².